The Labute approximate surface area is 317 Å². The van der Waals surface area contributed by atoms with Crippen LogP contribution in [0.15, 0.2) is 85.2 Å². The number of nitrogens with zero attached hydrogens (tertiary/aromatic N) is 4. The van der Waals surface area contributed by atoms with Crippen LogP contribution in [0.3, 0.4) is 0 Å². The number of imidazole rings is 2. The van der Waals surface area contributed by atoms with Crippen LogP contribution < -0.4 is 5.32 Å². The highest BCUT2D eigenvalue weighted by molar-refractivity contribution is 5.90. The largest absolute Gasteiger partial charge is 0.453 e. The number of H-pyrrole nitrogens is 2. The predicted molar refractivity (Wildman–Crippen MR) is 212 cm³/mol. The van der Waals surface area contributed by atoms with E-state index in [9.17, 15) is 9.59 Å². The summed E-state index contributed by atoms with van der Waals surface area (Å²) in [6, 6.07) is 21.5. The molecular formula is C43H51N7O4. The van der Waals surface area contributed by atoms with Gasteiger partial charge >= 0.3 is 12.2 Å². The van der Waals surface area contributed by atoms with Crippen LogP contribution in [0.4, 0.5) is 9.59 Å². The number of fused-ring (bicyclic) bond motifs is 1. The van der Waals surface area contributed by atoms with Crippen molar-refractivity contribution in [2.24, 2.45) is 5.92 Å². The first kappa shape index (κ1) is 36.9. The van der Waals surface area contributed by atoms with Crippen LogP contribution >= 0.6 is 0 Å². The van der Waals surface area contributed by atoms with Gasteiger partial charge in [0.1, 0.15) is 17.2 Å². The topological polar surface area (TPSA) is 128 Å². The van der Waals surface area contributed by atoms with Gasteiger partial charge in [-0.05, 0) is 92.1 Å². The average Bonchev–Trinajstić information content (AvgIpc) is 3.97. The quantitative estimate of drug-likeness (QED) is 0.129. The van der Waals surface area contributed by atoms with E-state index in [1.54, 1.807) is 4.90 Å². The molecule has 11 heteroatoms. The number of aromatic nitrogens is 4. The van der Waals surface area contributed by atoms with E-state index in [4.69, 9.17) is 14.5 Å². The lowest BCUT2D eigenvalue weighted by molar-refractivity contribution is 0.0222. The monoisotopic (exact) mass is 729 g/mol. The smallest absolute Gasteiger partial charge is 0.411 e. The van der Waals surface area contributed by atoms with Crippen molar-refractivity contribution in [1.82, 2.24) is 35.1 Å². The number of alkyl carbamates (subject to hydrolysis) is 1. The lowest BCUT2D eigenvalue weighted by Gasteiger charge is -2.30. The third-order valence-electron chi connectivity index (χ3n) is 10.5. The van der Waals surface area contributed by atoms with E-state index >= 15 is 0 Å². The summed E-state index contributed by atoms with van der Waals surface area (Å²) in [4.78, 5) is 45.6. The van der Waals surface area contributed by atoms with Crippen LogP contribution in [-0.2, 0) is 9.47 Å². The fraction of sp³-hybridized carbons (Fsp3) is 0.395. The second-order valence-corrected chi connectivity index (χ2v) is 15.9. The summed E-state index contributed by atoms with van der Waals surface area (Å²) in [6.07, 6.45) is 5.76. The minimum atomic E-state index is -0.578. The van der Waals surface area contributed by atoms with Gasteiger partial charge in [-0.3, -0.25) is 9.80 Å². The summed E-state index contributed by atoms with van der Waals surface area (Å²) < 4.78 is 10.5. The van der Waals surface area contributed by atoms with Crippen LogP contribution in [0.2, 0.25) is 0 Å². The first-order valence-corrected chi connectivity index (χ1v) is 18.8. The number of nitrogens with one attached hydrogen (secondary N) is 3. The lowest BCUT2D eigenvalue weighted by Crippen LogP contribution is -2.46. The van der Waals surface area contributed by atoms with Crippen molar-refractivity contribution >= 4 is 23.0 Å². The Bertz CT molecular complexity index is 2140. The molecule has 2 aromatic heterocycles. The van der Waals surface area contributed by atoms with E-state index in [0.717, 1.165) is 87.6 Å². The van der Waals surface area contributed by atoms with Crippen LogP contribution in [0.25, 0.3) is 44.4 Å². The maximum atomic E-state index is 12.9. The second-order valence-electron chi connectivity index (χ2n) is 15.9. The number of hydrogen-bond donors (Lipinski definition) is 3. The molecule has 54 heavy (non-hydrogen) atoms. The molecule has 0 bridgehead atoms. The van der Waals surface area contributed by atoms with E-state index < -0.39 is 11.7 Å². The molecule has 5 aromatic rings. The van der Waals surface area contributed by atoms with Gasteiger partial charge in [0.15, 0.2) is 0 Å². The van der Waals surface area contributed by atoms with Gasteiger partial charge in [0, 0.05) is 24.7 Å². The minimum absolute atomic E-state index is 0.0106. The van der Waals surface area contributed by atoms with Gasteiger partial charge in [-0.2, -0.15) is 0 Å². The number of carbonyl (C=O) groups excluding carboxylic acids is 2. The molecule has 0 radical (unpaired) electrons. The maximum Gasteiger partial charge on any atom is 0.411 e. The number of benzene rings is 3. The maximum absolute atomic E-state index is 12.9. The van der Waals surface area contributed by atoms with Gasteiger partial charge in [0.05, 0.1) is 43.0 Å². The summed E-state index contributed by atoms with van der Waals surface area (Å²) >= 11 is 0. The Balaban J connectivity index is 1.03. The number of ether oxygens (including phenoxy) is 2. The summed E-state index contributed by atoms with van der Waals surface area (Å²) in [5, 5.41) is 5.31. The lowest BCUT2D eigenvalue weighted by atomic mass is 9.98. The summed E-state index contributed by atoms with van der Waals surface area (Å²) in [7, 11) is 1.40. The number of carbonyl (C=O) groups is 2. The van der Waals surface area contributed by atoms with E-state index in [2.05, 4.69) is 106 Å². The van der Waals surface area contributed by atoms with Crippen LogP contribution in [0.1, 0.15) is 77.6 Å². The molecule has 2 amide bonds. The SMILES string of the molecule is C=C1CC(c2ncc(-c3ccc(-c4ccc5cc(-c6cnc(C7CCCN7CC(NC(=O)OC)C(C)C)[nH]6)ccc5c4)cc3)[nH]2)N(C(=O)OC(C)(C)C)C1. The van der Waals surface area contributed by atoms with Crippen molar-refractivity contribution in [1.29, 1.82) is 0 Å². The summed E-state index contributed by atoms with van der Waals surface area (Å²) in [5.41, 5.74) is 6.64. The average molecular weight is 730 g/mol. The first-order valence-electron chi connectivity index (χ1n) is 18.8. The van der Waals surface area contributed by atoms with Gasteiger partial charge in [0.25, 0.3) is 0 Å². The molecule has 3 aromatic carbocycles. The van der Waals surface area contributed by atoms with Crippen LogP contribution in [-0.4, -0.2) is 80.3 Å². The van der Waals surface area contributed by atoms with E-state index in [1.165, 1.54) is 7.11 Å². The second kappa shape index (κ2) is 15.1. The standard InChI is InChI=1S/C43H51N7O4/c1-26(2)36(48-41(51)53-7)25-49-18-8-9-37(49)39-44-23-35(47-39)33-17-16-31-20-30(14-15-32(31)21-33)28-10-12-29(13-11-28)34-22-45-40(46-34)38-19-27(3)24-50(38)42(52)54-43(4,5)6/h10-17,20-23,26,36-38H,3,8-9,18-19,24-25H2,1-2,4-7H3,(H,44,47)(H,45,46)(H,48,51). The molecule has 2 aliphatic rings. The van der Waals surface area contributed by atoms with Crippen molar-refractivity contribution < 1.29 is 19.1 Å². The Morgan fingerprint density at radius 3 is 2.13 bits per heavy atom. The highest BCUT2D eigenvalue weighted by Crippen LogP contribution is 2.36. The van der Waals surface area contributed by atoms with Crippen molar-refractivity contribution in [2.75, 3.05) is 26.7 Å². The molecule has 4 heterocycles. The molecule has 7 rings (SSSR count). The van der Waals surface area contributed by atoms with Gasteiger partial charge in [-0.25, -0.2) is 19.6 Å². The van der Waals surface area contributed by atoms with Crippen molar-refractivity contribution in [3.63, 3.8) is 0 Å². The van der Waals surface area contributed by atoms with E-state index in [1.807, 2.05) is 33.2 Å². The third-order valence-corrected chi connectivity index (χ3v) is 10.5. The first-order chi connectivity index (χ1) is 25.8. The molecule has 282 valence electrons. The zero-order chi connectivity index (χ0) is 38.1. The molecule has 2 fully saturated rings. The molecule has 0 saturated carbocycles. The van der Waals surface area contributed by atoms with Gasteiger partial charge < -0.3 is 24.8 Å². The predicted octanol–water partition coefficient (Wildman–Crippen LogP) is 9.04. The number of hydrogen-bond acceptors (Lipinski definition) is 7. The van der Waals surface area contributed by atoms with Crippen LogP contribution in [0.5, 0.6) is 0 Å². The number of rotatable bonds is 9. The molecule has 0 spiro atoms. The van der Waals surface area contributed by atoms with Crippen molar-refractivity contribution in [2.45, 2.75) is 77.6 Å². The van der Waals surface area contributed by atoms with E-state index in [0.29, 0.717) is 13.0 Å². The molecular weight excluding hydrogens is 679 g/mol. The zero-order valence-electron chi connectivity index (χ0n) is 32.1. The molecule has 11 nitrogen and oxygen atoms in total. The molecule has 2 aliphatic heterocycles. The Kier molecular flexibility index (Phi) is 10.3. The Morgan fingerprint density at radius 1 is 0.889 bits per heavy atom. The highest BCUT2D eigenvalue weighted by Gasteiger charge is 2.37. The van der Waals surface area contributed by atoms with Crippen molar-refractivity contribution in [3.05, 3.63) is 96.9 Å². The number of amides is 2. The molecule has 2 saturated heterocycles. The normalized spacial score (nSPS) is 18.4. The minimum Gasteiger partial charge on any atom is -0.453 e. The third kappa shape index (κ3) is 8.06. The summed E-state index contributed by atoms with van der Waals surface area (Å²) in [5.74, 6) is 1.96. The van der Waals surface area contributed by atoms with Crippen molar-refractivity contribution in [3.8, 4) is 33.6 Å². The van der Waals surface area contributed by atoms with E-state index in [-0.39, 0.29) is 30.1 Å². The molecule has 3 atom stereocenters. The number of aromatic amines is 2. The van der Waals surface area contributed by atoms with Gasteiger partial charge in [-0.15, -0.1) is 0 Å². The number of methoxy groups -OCH3 is 1. The van der Waals surface area contributed by atoms with Gasteiger partial charge in [0.2, 0.25) is 0 Å². The highest BCUT2D eigenvalue weighted by atomic mass is 16.6. The van der Waals surface area contributed by atoms with Crippen LogP contribution in [0, 0.1) is 5.92 Å². The number of likely N-dealkylation sites (tertiary alicyclic amines) is 2. The fourth-order valence-corrected chi connectivity index (χ4v) is 7.54. The molecule has 0 aliphatic carbocycles. The summed E-state index contributed by atoms with van der Waals surface area (Å²) in [6.45, 7) is 16.1. The Hall–Kier alpha value is -5.42. The molecule has 3 unspecified atom stereocenters. The Morgan fingerprint density at radius 2 is 1.48 bits per heavy atom. The fourth-order valence-electron chi connectivity index (χ4n) is 7.54. The zero-order valence-corrected chi connectivity index (χ0v) is 32.1. The molecule has 3 N–H and O–H groups in total. The van der Waals surface area contributed by atoms with Gasteiger partial charge in [-0.1, -0.05) is 74.5 Å².